The van der Waals surface area contributed by atoms with Crippen molar-refractivity contribution in [3.63, 3.8) is 0 Å². The fraction of sp³-hybridized carbons (Fsp3) is 0.452. The number of amides is 2. The zero-order valence-electron chi connectivity index (χ0n) is 25.5. The van der Waals surface area contributed by atoms with Gasteiger partial charge in [-0.05, 0) is 50.2 Å². The van der Waals surface area contributed by atoms with Crippen LogP contribution in [0.5, 0.6) is 0 Å². The van der Waals surface area contributed by atoms with Crippen molar-refractivity contribution in [1.29, 1.82) is 0 Å². The molecule has 0 bridgehead atoms. The average Bonchev–Trinajstić information content (AvgIpc) is 3.35. The van der Waals surface area contributed by atoms with Crippen molar-refractivity contribution in [2.45, 2.75) is 50.0 Å². The van der Waals surface area contributed by atoms with E-state index in [1.807, 2.05) is 26.0 Å². The van der Waals surface area contributed by atoms with Crippen LogP contribution < -0.4 is 15.5 Å². The zero-order valence-corrected chi connectivity index (χ0v) is 26.3. The van der Waals surface area contributed by atoms with E-state index in [0.717, 1.165) is 67.6 Å². The van der Waals surface area contributed by atoms with E-state index in [0.29, 0.717) is 23.0 Å². The summed E-state index contributed by atoms with van der Waals surface area (Å²) in [6, 6.07) is 7.54. The van der Waals surface area contributed by atoms with E-state index in [9.17, 15) is 26.8 Å². The number of hydrogen-bond donors (Lipinski definition) is 3. The molecule has 1 aromatic heterocycles. The number of aromatic nitrogens is 2. The molecular formula is C31H37F2N7O4S. The number of likely N-dealkylation sites (N-methyl/N-ethyl adjacent to an activating group) is 1. The monoisotopic (exact) mass is 641 g/mol. The highest BCUT2D eigenvalue weighted by Gasteiger charge is 2.41. The number of H-pyrrole nitrogens is 1. The van der Waals surface area contributed by atoms with E-state index in [1.54, 1.807) is 6.07 Å². The van der Waals surface area contributed by atoms with E-state index in [-0.39, 0.29) is 36.3 Å². The number of aromatic amines is 1. The van der Waals surface area contributed by atoms with E-state index >= 15 is 0 Å². The summed E-state index contributed by atoms with van der Waals surface area (Å²) < 4.78 is 56.0. The van der Waals surface area contributed by atoms with Gasteiger partial charge < -0.3 is 20.4 Å². The van der Waals surface area contributed by atoms with Gasteiger partial charge >= 0.3 is 0 Å². The van der Waals surface area contributed by atoms with Crippen molar-refractivity contribution >= 4 is 39.0 Å². The first-order chi connectivity index (χ1) is 21.3. The molecule has 2 amide bonds. The van der Waals surface area contributed by atoms with Crippen LogP contribution in [0.4, 0.5) is 26.0 Å². The molecule has 1 saturated carbocycles. The standard InChI is InChI=1S/C31H37F2N7O4S/c1-31(2)18-40(45(43,44)23-14-20(32)13-21(33)15-23)17-25-27(31)36-37-28(25)35-30(42)24-8-7-22(39-11-9-38(3)10-12-39)16-26(24)34-29(41)19-5-4-6-19/h7-8,13-16,19H,4-6,9-12,17-18H2,1-3H3,(H,34,41)(H2,35,36,37,42). The van der Waals surface area contributed by atoms with Crippen LogP contribution in [0.3, 0.4) is 0 Å². The van der Waals surface area contributed by atoms with Gasteiger partial charge in [-0.2, -0.15) is 9.40 Å². The van der Waals surface area contributed by atoms with E-state index < -0.39 is 37.9 Å². The van der Waals surface area contributed by atoms with Gasteiger partial charge in [0, 0.05) is 73.6 Å². The second-order valence-corrected chi connectivity index (χ2v) is 14.7. The lowest BCUT2D eigenvalue weighted by atomic mass is 9.84. The second kappa shape index (κ2) is 11.8. The molecule has 240 valence electrons. The molecule has 0 unspecified atom stereocenters. The molecule has 3 heterocycles. The summed E-state index contributed by atoms with van der Waals surface area (Å²) in [5.74, 6) is -2.61. The number of halogens is 2. The van der Waals surface area contributed by atoms with Crippen LogP contribution in [-0.4, -0.2) is 79.4 Å². The maximum absolute atomic E-state index is 13.9. The first kappa shape index (κ1) is 31.1. The molecule has 3 aliphatic rings. The Balaban J connectivity index is 1.29. The zero-order chi connectivity index (χ0) is 32.1. The minimum atomic E-state index is -4.30. The SMILES string of the molecule is CN1CCN(c2ccc(C(=O)Nc3n[nH]c4c3CN(S(=O)(=O)c3cc(F)cc(F)c3)CC4(C)C)c(NC(=O)C3CCC3)c2)CC1. The highest BCUT2D eigenvalue weighted by Crippen LogP contribution is 2.38. The van der Waals surface area contributed by atoms with Gasteiger partial charge in [0.15, 0.2) is 5.82 Å². The van der Waals surface area contributed by atoms with Gasteiger partial charge in [-0.3, -0.25) is 14.7 Å². The average molecular weight is 642 g/mol. The molecule has 3 aromatic rings. The van der Waals surface area contributed by atoms with Crippen molar-refractivity contribution in [2.75, 3.05) is 55.3 Å². The maximum atomic E-state index is 13.9. The van der Waals surface area contributed by atoms with E-state index in [4.69, 9.17) is 0 Å². The summed E-state index contributed by atoms with van der Waals surface area (Å²) in [5.41, 5.74) is 1.84. The van der Waals surface area contributed by atoms with Crippen LogP contribution in [0.2, 0.25) is 0 Å². The molecule has 2 fully saturated rings. The predicted octanol–water partition coefficient (Wildman–Crippen LogP) is 3.91. The van der Waals surface area contributed by atoms with Crippen molar-refractivity contribution in [1.82, 2.24) is 19.4 Å². The molecule has 0 spiro atoms. The maximum Gasteiger partial charge on any atom is 0.258 e. The lowest BCUT2D eigenvalue weighted by Crippen LogP contribution is -2.45. The summed E-state index contributed by atoms with van der Waals surface area (Å²) in [7, 11) is -2.23. The van der Waals surface area contributed by atoms with Crippen LogP contribution in [-0.2, 0) is 26.8 Å². The number of fused-ring (bicyclic) bond motifs is 1. The Bertz CT molecular complexity index is 1730. The molecular weight excluding hydrogens is 604 g/mol. The minimum Gasteiger partial charge on any atom is -0.369 e. The molecule has 1 aliphatic carbocycles. The van der Waals surface area contributed by atoms with Crippen molar-refractivity contribution in [3.05, 3.63) is 64.9 Å². The number of nitrogens with zero attached hydrogens (tertiary/aromatic N) is 4. The van der Waals surface area contributed by atoms with Crippen LogP contribution >= 0.6 is 0 Å². The van der Waals surface area contributed by atoms with Crippen LogP contribution in [0, 0.1) is 17.6 Å². The second-order valence-electron chi connectivity index (χ2n) is 12.8. The number of piperazine rings is 1. The first-order valence-corrected chi connectivity index (χ1v) is 16.5. The topological polar surface area (TPSA) is 131 Å². The number of benzene rings is 2. The highest BCUT2D eigenvalue weighted by atomic mass is 32.2. The Kier molecular flexibility index (Phi) is 8.16. The Morgan fingerprint density at radius 1 is 1.00 bits per heavy atom. The molecule has 45 heavy (non-hydrogen) atoms. The Hall–Kier alpha value is -3.88. The normalized spacial score (nSPS) is 19.1. The summed E-state index contributed by atoms with van der Waals surface area (Å²) in [5, 5.41) is 13.1. The third kappa shape index (κ3) is 6.18. The van der Waals surface area contributed by atoms with Gasteiger partial charge in [-0.25, -0.2) is 17.2 Å². The number of carbonyl (C=O) groups excluding carboxylic acids is 2. The first-order valence-electron chi connectivity index (χ1n) is 15.1. The molecule has 3 N–H and O–H groups in total. The summed E-state index contributed by atoms with van der Waals surface area (Å²) in [6.07, 6.45) is 2.61. The third-order valence-electron chi connectivity index (χ3n) is 9.01. The summed E-state index contributed by atoms with van der Waals surface area (Å²) in [6.45, 7) is 6.88. The third-order valence-corrected chi connectivity index (χ3v) is 10.8. The minimum absolute atomic E-state index is 0.0150. The van der Waals surface area contributed by atoms with Crippen molar-refractivity contribution in [2.24, 2.45) is 5.92 Å². The Morgan fingerprint density at radius 3 is 2.33 bits per heavy atom. The fourth-order valence-electron chi connectivity index (χ4n) is 6.11. The summed E-state index contributed by atoms with van der Waals surface area (Å²) >= 11 is 0. The van der Waals surface area contributed by atoms with Crippen LogP contribution in [0.1, 0.15) is 54.7 Å². The Labute approximate surface area is 261 Å². The predicted molar refractivity (Wildman–Crippen MR) is 166 cm³/mol. The van der Waals surface area contributed by atoms with Gasteiger partial charge in [0.05, 0.1) is 16.1 Å². The van der Waals surface area contributed by atoms with E-state index in [1.165, 1.54) is 0 Å². The van der Waals surface area contributed by atoms with Gasteiger partial charge in [-0.1, -0.05) is 20.3 Å². The molecule has 0 radical (unpaired) electrons. The number of anilines is 3. The van der Waals surface area contributed by atoms with Crippen LogP contribution in [0.15, 0.2) is 41.3 Å². The molecule has 14 heteroatoms. The molecule has 0 atom stereocenters. The Morgan fingerprint density at radius 2 is 1.69 bits per heavy atom. The van der Waals surface area contributed by atoms with Crippen molar-refractivity contribution < 1.29 is 26.8 Å². The number of sulfonamides is 1. The number of carbonyl (C=O) groups is 2. The smallest absolute Gasteiger partial charge is 0.258 e. The fourth-order valence-corrected chi connectivity index (χ4v) is 7.72. The van der Waals surface area contributed by atoms with Gasteiger partial charge in [0.25, 0.3) is 5.91 Å². The van der Waals surface area contributed by atoms with Crippen molar-refractivity contribution in [3.8, 4) is 0 Å². The summed E-state index contributed by atoms with van der Waals surface area (Å²) in [4.78, 5) is 30.7. The molecule has 2 aliphatic heterocycles. The quantitative estimate of drug-likeness (QED) is 0.357. The van der Waals surface area contributed by atoms with Gasteiger partial charge in [-0.15, -0.1) is 0 Å². The number of nitrogens with one attached hydrogen (secondary N) is 3. The molecule has 2 aromatic carbocycles. The molecule has 1 saturated heterocycles. The lowest BCUT2D eigenvalue weighted by Gasteiger charge is -2.36. The number of rotatable bonds is 7. The van der Waals surface area contributed by atoms with Crippen LogP contribution in [0.25, 0.3) is 0 Å². The largest absolute Gasteiger partial charge is 0.369 e. The molecule has 11 nitrogen and oxygen atoms in total. The van der Waals surface area contributed by atoms with Gasteiger partial charge in [0.2, 0.25) is 15.9 Å². The lowest BCUT2D eigenvalue weighted by molar-refractivity contribution is -0.122. The number of hydrogen-bond acceptors (Lipinski definition) is 7. The van der Waals surface area contributed by atoms with Gasteiger partial charge in [0.1, 0.15) is 11.6 Å². The molecule has 6 rings (SSSR count). The van der Waals surface area contributed by atoms with E-state index in [2.05, 4.69) is 37.7 Å². The highest BCUT2D eigenvalue weighted by molar-refractivity contribution is 7.89.